The monoisotopic (exact) mass is 249 g/mol. The van der Waals surface area contributed by atoms with Crippen molar-refractivity contribution in [1.29, 1.82) is 0 Å². The minimum Gasteiger partial charge on any atom is -0.490 e. The Bertz CT molecular complexity index is 531. The second-order valence-corrected chi connectivity index (χ2v) is 3.90. The molecule has 1 heterocycles. The number of ether oxygens (including phenoxy) is 1. The molecule has 0 spiro atoms. The van der Waals surface area contributed by atoms with Gasteiger partial charge in [0, 0.05) is 5.69 Å². The Morgan fingerprint density at radius 2 is 2.12 bits per heavy atom. The molecular weight excluding hydrogens is 238 g/mol. The van der Waals surface area contributed by atoms with Gasteiger partial charge in [0.15, 0.2) is 16.7 Å². The molecule has 5 heteroatoms. The summed E-state index contributed by atoms with van der Waals surface area (Å²) >= 11 is 5.91. The molecule has 1 aromatic carbocycles. The van der Waals surface area contributed by atoms with Gasteiger partial charge in [-0.1, -0.05) is 23.7 Å². The molecule has 0 saturated heterocycles. The van der Waals surface area contributed by atoms with Crippen LogP contribution in [0.1, 0.15) is 5.56 Å². The maximum atomic E-state index is 5.91. The molecule has 0 unspecified atom stereocenters. The Morgan fingerprint density at radius 3 is 2.82 bits per heavy atom. The first-order valence-corrected chi connectivity index (χ1v) is 5.46. The summed E-state index contributed by atoms with van der Waals surface area (Å²) in [6.45, 7) is 2.02. The van der Waals surface area contributed by atoms with Crippen LogP contribution >= 0.6 is 11.6 Å². The van der Waals surface area contributed by atoms with Crippen molar-refractivity contribution in [2.24, 2.45) is 0 Å². The lowest BCUT2D eigenvalue weighted by Gasteiger charge is -2.10. The normalized spacial score (nSPS) is 10.1. The number of rotatable bonds is 3. The Kier molecular flexibility index (Phi) is 3.44. The minimum absolute atomic E-state index is 0.289. The van der Waals surface area contributed by atoms with Crippen LogP contribution < -0.4 is 10.1 Å². The van der Waals surface area contributed by atoms with Crippen molar-refractivity contribution in [1.82, 2.24) is 9.97 Å². The molecule has 0 fully saturated rings. The van der Waals surface area contributed by atoms with Crippen LogP contribution in [0, 0.1) is 6.92 Å². The van der Waals surface area contributed by atoms with Crippen molar-refractivity contribution in [3.05, 3.63) is 41.3 Å². The third-order valence-corrected chi connectivity index (χ3v) is 2.51. The van der Waals surface area contributed by atoms with Crippen molar-refractivity contribution in [2.75, 3.05) is 12.4 Å². The van der Waals surface area contributed by atoms with E-state index in [0.717, 1.165) is 11.3 Å². The Balaban J connectivity index is 2.33. The van der Waals surface area contributed by atoms with Gasteiger partial charge in [0.25, 0.3) is 0 Å². The van der Waals surface area contributed by atoms with Crippen molar-refractivity contribution in [3.63, 3.8) is 0 Å². The van der Waals surface area contributed by atoms with Gasteiger partial charge in [-0.05, 0) is 24.6 Å². The summed E-state index contributed by atoms with van der Waals surface area (Å²) in [4.78, 5) is 7.96. The number of methoxy groups -OCH3 is 1. The lowest BCUT2D eigenvalue weighted by atomic mass is 10.2. The van der Waals surface area contributed by atoms with Gasteiger partial charge in [0.05, 0.1) is 7.11 Å². The van der Waals surface area contributed by atoms with E-state index >= 15 is 0 Å². The molecule has 0 radical (unpaired) electrons. The van der Waals surface area contributed by atoms with Crippen molar-refractivity contribution >= 4 is 23.1 Å². The molecule has 1 N–H and O–H groups in total. The number of anilines is 2. The third kappa shape index (κ3) is 2.65. The molecule has 4 nitrogen and oxygen atoms in total. The standard InChI is InChI=1S/C12H12ClN3O/c1-8-4-3-5-9(6-8)16-12-10(17-2)11(13)14-7-15-12/h3-7H,1-2H3,(H,14,15,16). The first-order valence-electron chi connectivity index (χ1n) is 5.09. The predicted molar refractivity (Wildman–Crippen MR) is 68.1 cm³/mol. The summed E-state index contributed by atoms with van der Waals surface area (Å²) in [7, 11) is 1.53. The molecule has 88 valence electrons. The molecule has 0 aliphatic heterocycles. The van der Waals surface area contributed by atoms with Gasteiger partial charge in [0.1, 0.15) is 6.33 Å². The summed E-state index contributed by atoms with van der Waals surface area (Å²) in [5.41, 5.74) is 2.09. The Labute approximate surface area is 105 Å². The van der Waals surface area contributed by atoms with Crippen molar-refractivity contribution in [2.45, 2.75) is 6.92 Å². The lowest BCUT2D eigenvalue weighted by Crippen LogP contribution is -1.99. The summed E-state index contributed by atoms with van der Waals surface area (Å²) in [5, 5.41) is 3.43. The average Bonchev–Trinajstić information content (AvgIpc) is 2.29. The molecule has 0 atom stereocenters. The Morgan fingerprint density at radius 1 is 1.29 bits per heavy atom. The van der Waals surface area contributed by atoms with E-state index in [1.54, 1.807) is 0 Å². The number of nitrogens with zero attached hydrogens (tertiary/aromatic N) is 2. The van der Waals surface area contributed by atoms with E-state index < -0.39 is 0 Å². The van der Waals surface area contributed by atoms with Crippen LogP contribution in [0.25, 0.3) is 0 Å². The molecule has 0 saturated carbocycles. The quantitative estimate of drug-likeness (QED) is 0.849. The van der Waals surface area contributed by atoms with Gasteiger partial charge >= 0.3 is 0 Å². The molecule has 0 aliphatic rings. The topological polar surface area (TPSA) is 47.0 Å². The molecule has 0 bridgehead atoms. The number of hydrogen-bond acceptors (Lipinski definition) is 4. The first kappa shape index (κ1) is 11.7. The zero-order valence-electron chi connectivity index (χ0n) is 9.57. The summed E-state index contributed by atoms with van der Waals surface area (Å²) in [5.74, 6) is 0.994. The van der Waals surface area contributed by atoms with E-state index in [-0.39, 0.29) is 5.15 Å². The number of halogens is 1. The SMILES string of the molecule is COc1c(Cl)ncnc1Nc1cccc(C)c1. The third-order valence-electron chi connectivity index (χ3n) is 2.25. The van der Waals surface area contributed by atoms with Crippen LogP contribution in [-0.4, -0.2) is 17.1 Å². The van der Waals surface area contributed by atoms with Gasteiger partial charge in [0.2, 0.25) is 0 Å². The highest BCUT2D eigenvalue weighted by atomic mass is 35.5. The largest absolute Gasteiger partial charge is 0.490 e. The number of nitrogens with one attached hydrogen (secondary N) is 1. The minimum atomic E-state index is 0.289. The zero-order valence-corrected chi connectivity index (χ0v) is 10.3. The fourth-order valence-electron chi connectivity index (χ4n) is 1.48. The fourth-order valence-corrected chi connectivity index (χ4v) is 1.69. The summed E-state index contributed by atoms with van der Waals surface area (Å²) in [6.07, 6.45) is 1.39. The second-order valence-electron chi connectivity index (χ2n) is 3.54. The fraction of sp³-hybridized carbons (Fsp3) is 0.167. The molecule has 0 aliphatic carbocycles. The Hall–Kier alpha value is -1.81. The number of aryl methyl sites for hydroxylation is 1. The first-order chi connectivity index (χ1) is 8.20. The van der Waals surface area contributed by atoms with E-state index in [1.807, 2.05) is 31.2 Å². The van der Waals surface area contributed by atoms with Gasteiger partial charge in [-0.15, -0.1) is 0 Å². The van der Waals surface area contributed by atoms with Gasteiger partial charge in [-0.3, -0.25) is 0 Å². The number of aromatic nitrogens is 2. The summed E-state index contributed by atoms with van der Waals surface area (Å²) in [6, 6.07) is 7.94. The molecular formula is C12H12ClN3O. The van der Waals surface area contributed by atoms with Crippen molar-refractivity contribution < 1.29 is 4.74 Å². The van der Waals surface area contributed by atoms with E-state index in [1.165, 1.54) is 13.4 Å². The highest BCUT2D eigenvalue weighted by molar-refractivity contribution is 6.31. The molecule has 2 aromatic rings. The lowest BCUT2D eigenvalue weighted by molar-refractivity contribution is 0.413. The highest BCUT2D eigenvalue weighted by Gasteiger charge is 2.10. The molecule has 1 aromatic heterocycles. The van der Waals surface area contributed by atoms with E-state index in [0.29, 0.717) is 11.6 Å². The summed E-state index contributed by atoms with van der Waals surface area (Å²) < 4.78 is 5.16. The van der Waals surface area contributed by atoms with E-state index in [9.17, 15) is 0 Å². The van der Waals surface area contributed by atoms with Crippen LogP contribution in [0.2, 0.25) is 5.15 Å². The van der Waals surface area contributed by atoms with Crippen LogP contribution in [0.4, 0.5) is 11.5 Å². The maximum Gasteiger partial charge on any atom is 0.199 e. The van der Waals surface area contributed by atoms with Crippen LogP contribution in [0.15, 0.2) is 30.6 Å². The van der Waals surface area contributed by atoms with Gasteiger partial charge in [-0.2, -0.15) is 0 Å². The molecule has 17 heavy (non-hydrogen) atoms. The predicted octanol–water partition coefficient (Wildman–Crippen LogP) is 3.19. The van der Waals surface area contributed by atoms with Crippen LogP contribution in [0.3, 0.4) is 0 Å². The smallest absolute Gasteiger partial charge is 0.199 e. The zero-order chi connectivity index (χ0) is 12.3. The van der Waals surface area contributed by atoms with E-state index in [4.69, 9.17) is 16.3 Å². The van der Waals surface area contributed by atoms with Crippen LogP contribution in [0.5, 0.6) is 5.75 Å². The number of hydrogen-bond donors (Lipinski definition) is 1. The molecule has 0 amide bonds. The maximum absolute atomic E-state index is 5.91. The van der Waals surface area contributed by atoms with Gasteiger partial charge < -0.3 is 10.1 Å². The second kappa shape index (κ2) is 5.01. The average molecular weight is 250 g/mol. The number of benzene rings is 1. The van der Waals surface area contributed by atoms with E-state index in [2.05, 4.69) is 15.3 Å². The van der Waals surface area contributed by atoms with Gasteiger partial charge in [-0.25, -0.2) is 9.97 Å². The van der Waals surface area contributed by atoms with Crippen LogP contribution in [-0.2, 0) is 0 Å². The molecule has 2 rings (SSSR count). The van der Waals surface area contributed by atoms with Crippen molar-refractivity contribution in [3.8, 4) is 5.75 Å². The highest BCUT2D eigenvalue weighted by Crippen LogP contribution is 2.30.